The van der Waals surface area contributed by atoms with Crippen molar-refractivity contribution in [1.29, 1.82) is 0 Å². The van der Waals surface area contributed by atoms with E-state index in [2.05, 4.69) is 0 Å². The fraction of sp³-hybridized carbons (Fsp3) is 0.917. The van der Waals surface area contributed by atoms with Crippen LogP contribution >= 0.6 is 0 Å². The highest BCUT2D eigenvalue weighted by molar-refractivity contribution is 5.81. The van der Waals surface area contributed by atoms with Crippen molar-refractivity contribution in [2.75, 3.05) is 13.1 Å². The molecule has 3 nitrogen and oxygen atoms in total. The molecule has 1 heterocycles. The molecule has 1 amide bonds. The molecule has 2 aliphatic rings. The number of fused-ring (bicyclic) bond motifs is 1. The number of carbonyl (C=O) groups is 1. The molecule has 15 heavy (non-hydrogen) atoms. The highest BCUT2D eigenvalue weighted by Gasteiger charge is 2.33. The Hall–Kier alpha value is -0.570. The van der Waals surface area contributed by atoms with Crippen molar-refractivity contribution in [3.8, 4) is 0 Å². The fourth-order valence-electron chi connectivity index (χ4n) is 3.09. The van der Waals surface area contributed by atoms with E-state index in [0.717, 1.165) is 24.9 Å². The van der Waals surface area contributed by atoms with Crippen LogP contribution in [0.3, 0.4) is 0 Å². The summed E-state index contributed by atoms with van der Waals surface area (Å²) in [5, 5.41) is 0. The second-order valence-electron chi connectivity index (χ2n) is 5.17. The summed E-state index contributed by atoms with van der Waals surface area (Å²) in [4.78, 5) is 13.8. The second-order valence-corrected chi connectivity index (χ2v) is 5.17. The summed E-state index contributed by atoms with van der Waals surface area (Å²) in [5.41, 5.74) is 5.64. The maximum Gasteiger partial charge on any atom is 0.239 e. The molecular formula is C12H22N2O. The minimum absolute atomic E-state index is 0.138. The first-order valence-electron chi connectivity index (χ1n) is 6.23. The van der Waals surface area contributed by atoms with Gasteiger partial charge in [0, 0.05) is 13.1 Å². The lowest BCUT2D eigenvalue weighted by molar-refractivity contribution is -0.135. The van der Waals surface area contributed by atoms with Crippen LogP contribution in [-0.4, -0.2) is 29.9 Å². The Morgan fingerprint density at radius 1 is 1.27 bits per heavy atom. The highest BCUT2D eigenvalue weighted by atomic mass is 16.2. The van der Waals surface area contributed by atoms with Gasteiger partial charge in [0.25, 0.3) is 0 Å². The van der Waals surface area contributed by atoms with E-state index in [4.69, 9.17) is 5.73 Å². The van der Waals surface area contributed by atoms with Crippen LogP contribution in [0.2, 0.25) is 0 Å². The zero-order valence-corrected chi connectivity index (χ0v) is 9.61. The standard InChI is InChI=1S/C12H22N2O/c1-9(13)12(15)14-7-6-10-4-2-3-5-11(10)8-14/h9-11H,2-8,13H2,1H3/t9-,10?,11?/m0/s1. The van der Waals surface area contributed by atoms with Crippen LogP contribution in [0.1, 0.15) is 39.0 Å². The SMILES string of the molecule is C[C@H](N)C(=O)N1CCC2CCCCC2C1. The van der Waals surface area contributed by atoms with Gasteiger partial charge >= 0.3 is 0 Å². The highest BCUT2D eigenvalue weighted by Crippen LogP contribution is 2.36. The number of hydrogen-bond acceptors (Lipinski definition) is 2. The normalized spacial score (nSPS) is 33.3. The Balaban J connectivity index is 1.93. The van der Waals surface area contributed by atoms with Gasteiger partial charge in [0.1, 0.15) is 0 Å². The van der Waals surface area contributed by atoms with E-state index in [0.29, 0.717) is 0 Å². The van der Waals surface area contributed by atoms with Crippen LogP contribution in [0, 0.1) is 11.8 Å². The molecule has 1 saturated heterocycles. The van der Waals surface area contributed by atoms with E-state index in [-0.39, 0.29) is 11.9 Å². The molecule has 3 atom stereocenters. The van der Waals surface area contributed by atoms with Crippen LogP contribution in [0.15, 0.2) is 0 Å². The van der Waals surface area contributed by atoms with Crippen molar-refractivity contribution >= 4 is 5.91 Å². The number of likely N-dealkylation sites (tertiary alicyclic amines) is 1. The van der Waals surface area contributed by atoms with Crippen LogP contribution in [0.25, 0.3) is 0 Å². The van der Waals surface area contributed by atoms with E-state index in [1.807, 2.05) is 4.90 Å². The molecule has 1 aliphatic heterocycles. The first-order chi connectivity index (χ1) is 7.18. The third kappa shape index (κ3) is 2.33. The summed E-state index contributed by atoms with van der Waals surface area (Å²) in [7, 11) is 0. The minimum Gasteiger partial charge on any atom is -0.341 e. The van der Waals surface area contributed by atoms with Crippen molar-refractivity contribution in [2.24, 2.45) is 17.6 Å². The lowest BCUT2D eigenvalue weighted by Gasteiger charge is -2.41. The van der Waals surface area contributed by atoms with E-state index >= 15 is 0 Å². The molecule has 2 fully saturated rings. The molecular weight excluding hydrogens is 188 g/mol. The number of piperidine rings is 1. The smallest absolute Gasteiger partial charge is 0.239 e. The largest absolute Gasteiger partial charge is 0.341 e. The summed E-state index contributed by atoms with van der Waals surface area (Å²) in [6.07, 6.45) is 6.63. The number of rotatable bonds is 1. The number of nitrogens with zero attached hydrogens (tertiary/aromatic N) is 1. The van der Waals surface area contributed by atoms with Gasteiger partial charge in [-0.05, 0) is 31.6 Å². The van der Waals surface area contributed by atoms with Gasteiger partial charge in [0.15, 0.2) is 0 Å². The maximum atomic E-state index is 11.8. The molecule has 0 spiro atoms. The van der Waals surface area contributed by atoms with Gasteiger partial charge in [0.2, 0.25) is 5.91 Å². The van der Waals surface area contributed by atoms with Gasteiger partial charge in [-0.2, -0.15) is 0 Å². The number of amides is 1. The Morgan fingerprint density at radius 3 is 2.60 bits per heavy atom. The first-order valence-corrected chi connectivity index (χ1v) is 6.23. The molecule has 3 heteroatoms. The Kier molecular flexibility index (Phi) is 3.29. The summed E-state index contributed by atoms with van der Waals surface area (Å²) in [5.74, 6) is 1.78. The summed E-state index contributed by atoms with van der Waals surface area (Å²) < 4.78 is 0. The number of nitrogens with two attached hydrogens (primary N) is 1. The van der Waals surface area contributed by atoms with Gasteiger partial charge in [-0.3, -0.25) is 4.79 Å². The predicted octanol–water partition coefficient (Wildman–Crippen LogP) is 1.37. The van der Waals surface area contributed by atoms with Crippen molar-refractivity contribution in [1.82, 2.24) is 4.90 Å². The van der Waals surface area contributed by atoms with E-state index in [1.54, 1.807) is 6.92 Å². The molecule has 0 aromatic heterocycles. The maximum absolute atomic E-state index is 11.8. The van der Waals surface area contributed by atoms with E-state index in [9.17, 15) is 4.79 Å². The predicted molar refractivity (Wildman–Crippen MR) is 60.3 cm³/mol. The third-order valence-corrected chi connectivity index (χ3v) is 3.99. The summed E-state index contributed by atoms with van der Waals surface area (Å²) in [6.45, 7) is 3.68. The second kappa shape index (κ2) is 4.52. The van der Waals surface area contributed by atoms with Gasteiger partial charge in [-0.25, -0.2) is 0 Å². The van der Waals surface area contributed by atoms with Gasteiger partial charge in [0.05, 0.1) is 6.04 Å². The van der Waals surface area contributed by atoms with Gasteiger partial charge < -0.3 is 10.6 Å². The molecule has 1 aliphatic carbocycles. The first kappa shape index (κ1) is 10.9. The third-order valence-electron chi connectivity index (χ3n) is 3.99. The molecule has 0 radical (unpaired) electrons. The van der Waals surface area contributed by atoms with Crippen molar-refractivity contribution in [3.05, 3.63) is 0 Å². The van der Waals surface area contributed by atoms with Gasteiger partial charge in [-0.1, -0.05) is 19.3 Å². The number of carbonyl (C=O) groups excluding carboxylic acids is 1. The summed E-state index contributed by atoms with van der Waals surface area (Å²) in [6, 6.07) is -0.329. The van der Waals surface area contributed by atoms with Crippen molar-refractivity contribution < 1.29 is 4.79 Å². The zero-order chi connectivity index (χ0) is 10.8. The molecule has 2 N–H and O–H groups in total. The monoisotopic (exact) mass is 210 g/mol. The topological polar surface area (TPSA) is 46.3 Å². The van der Waals surface area contributed by atoms with E-state index < -0.39 is 0 Å². The molecule has 86 valence electrons. The quantitative estimate of drug-likeness (QED) is 0.710. The Bertz CT molecular complexity index is 240. The lowest BCUT2D eigenvalue weighted by atomic mass is 9.75. The average Bonchev–Trinajstić information content (AvgIpc) is 2.27. The zero-order valence-electron chi connectivity index (χ0n) is 9.61. The Morgan fingerprint density at radius 2 is 1.93 bits per heavy atom. The Labute approximate surface area is 92.0 Å². The van der Waals surface area contributed by atoms with Crippen molar-refractivity contribution in [3.63, 3.8) is 0 Å². The van der Waals surface area contributed by atoms with Gasteiger partial charge in [-0.15, -0.1) is 0 Å². The fourth-order valence-corrected chi connectivity index (χ4v) is 3.09. The molecule has 2 unspecified atom stereocenters. The minimum atomic E-state index is -0.329. The number of hydrogen-bond donors (Lipinski definition) is 1. The van der Waals surface area contributed by atoms with Crippen molar-refractivity contribution in [2.45, 2.75) is 45.1 Å². The molecule has 1 saturated carbocycles. The van der Waals surface area contributed by atoms with Crippen LogP contribution in [-0.2, 0) is 4.79 Å². The molecule has 0 bridgehead atoms. The van der Waals surface area contributed by atoms with Crippen LogP contribution in [0.4, 0.5) is 0 Å². The molecule has 0 aromatic carbocycles. The molecule has 2 rings (SSSR count). The summed E-state index contributed by atoms with van der Waals surface area (Å²) >= 11 is 0. The average molecular weight is 210 g/mol. The van der Waals surface area contributed by atoms with E-state index in [1.165, 1.54) is 32.1 Å². The van der Waals surface area contributed by atoms with Crippen LogP contribution < -0.4 is 5.73 Å². The lowest BCUT2D eigenvalue weighted by Crippen LogP contribution is -2.49. The molecule has 0 aromatic rings. The van der Waals surface area contributed by atoms with Crippen LogP contribution in [0.5, 0.6) is 0 Å².